The zero-order chi connectivity index (χ0) is 19.3. The molecule has 0 fully saturated rings. The molecule has 1 aromatic heterocycles. The Morgan fingerprint density at radius 1 is 1.27 bits per heavy atom. The number of nitrogens with one attached hydrogen (secondary N) is 1. The molecular formula is C20H17BrClNO3. The van der Waals surface area contributed by atoms with E-state index >= 15 is 0 Å². The maximum Gasteiger partial charge on any atom is 0.379 e. The summed E-state index contributed by atoms with van der Waals surface area (Å²) in [6.45, 7) is 5.48. The highest BCUT2D eigenvalue weighted by Crippen LogP contribution is 2.27. The number of allylic oxidation sites excluding steroid dienone is 6. The molecule has 0 atom stereocenters. The van der Waals surface area contributed by atoms with E-state index in [9.17, 15) is 9.59 Å². The summed E-state index contributed by atoms with van der Waals surface area (Å²) in [5.74, 6) is -1.61. The Morgan fingerprint density at radius 2 is 2.00 bits per heavy atom. The average Bonchev–Trinajstić information content (AvgIpc) is 2.97. The topological polar surface area (TPSA) is 59.2 Å². The van der Waals surface area contributed by atoms with Gasteiger partial charge in [-0.2, -0.15) is 0 Å². The molecule has 134 valence electrons. The normalized spacial score (nSPS) is 12.2. The van der Waals surface area contributed by atoms with E-state index in [1.807, 2.05) is 31.2 Å². The first kappa shape index (κ1) is 19.9. The first-order chi connectivity index (χ1) is 12.4. The Kier molecular flexibility index (Phi) is 6.77. The second-order valence-corrected chi connectivity index (χ2v) is 6.73. The molecule has 0 radical (unpaired) electrons. The van der Waals surface area contributed by atoms with Gasteiger partial charge in [0.2, 0.25) is 0 Å². The number of H-pyrrole nitrogens is 1. The van der Waals surface area contributed by atoms with Crippen molar-refractivity contribution >= 4 is 56.3 Å². The lowest BCUT2D eigenvalue weighted by atomic mass is 10.1. The average molecular weight is 435 g/mol. The molecule has 0 saturated carbocycles. The molecule has 0 aliphatic rings. The van der Waals surface area contributed by atoms with E-state index in [0.717, 1.165) is 15.6 Å². The molecule has 1 N–H and O–H groups in total. The number of carbonyl (C=O) groups is 2. The quantitative estimate of drug-likeness (QED) is 0.280. The molecule has 0 bridgehead atoms. The summed E-state index contributed by atoms with van der Waals surface area (Å²) in [5.41, 5.74) is 2.39. The highest BCUT2D eigenvalue weighted by molar-refractivity contribution is 9.10. The van der Waals surface area contributed by atoms with Crippen molar-refractivity contribution in [1.82, 2.24) is 4.98 Å². The fourth-order valence-electron chi connectivity index (χ4n) is 2.37. The van der Waals surface area contributed by atoms with E-state index in [2.05, 4.69) is 32.2 Å². The minimum absolute atomic E-state index is 0.275. The molecule has 0 aliphatic carbocycles. The zero-order valence-corrected chi connectivity index (χ0v) is 16.6. The van der Waals surface area contributed by atoms with Crippen LogP contribution in [0.25, 0.3) is 17.0 Å². The molecule has 1 heterocycles. The Labute approximate surface area is 165 Å². The van der Waals surface area contributed by atoms with Crippen molar-refractivity contribution in [2.75, 3.05) is 7.11 Å². The van der Waals surface area contributed by atoms with Gasteiger partial charge in [-0.3, -0.25) is 4.79 Å². The first-order valence-electron chi connectivity index (χ1n) is 7.68. The fourth-order valence-corrected chi connectivity index (χ4v) is 2.79. The number of rotatable bonds is 6. The number of fused-ring (bicyclic) bond motifs is 1. The number of hydrogen-bond acceptors (Lipinski definition) is 3. The number of benzene rings is 1. The van der Waals surface area contributed by atoms with Gasteiger partial charge in [0.05, 0.1) is 18.4 Å². The Bertz CT molecular complexity index is 967. The van der Waals surface area contributed by atoms with Gasteiger partial charge in [-0.1, -0.05) is 58.4 Å². The summed E-state index contributed by atoms with van der Waals surface area (Å²) in [5, 5.41) is 1.06. The minimum atomic E-state index is -0.909. The third-order valence-corrected chi connectivity index (χ3v) is 4.24. The molecular weight excluding hydrogens is 418 g/mol. The standard InChI is InChI=1S/C20H17BrClNO3/c1-4-13(6-5-12(2)22)7-10-16-18(19(24)20(25)26-3)15-9-8-14(21)11-17(15)23-16/h4-11,23H,2H2,1,3H3/b6-5-,10-7+,13-4+. The first-order valence-corrected chi connectivity index (χ1v) is 8.85. The van der Waals surface area contributed by atoms with Gasteiger partial charge in [0.15, 0.2) is 0 Å². The van der Waals surface area contributed by atoms with Crippen LogP contribution in [-0.2, 0) is 9.53 Å². The minimum Gasteiger partial charge on any atom is -0.463 e. The Hall–Kier alpha value is -2.37. The molecule has 26 heavy (non-hydrogen) atoms. The predicted molar refractivity (Wildman–Crippen MR) is 109 cm³/mol. The van der Waals surface area contributed by atoms with Crippen LogP contribution in [0, 0.1) is 0 Å². The van der Waals surface area contributed by atoms with Crippen LogP contribution in [0.2, 0.25) is 0 Å². The molecule has 0 amide bonds. The third-order valence-electron chi connectivity index (χ3n) is 3.62. The number of carbonyl (C=O) groups excluding carboxylic acids is 2. The van der Waals surface area contributed by atoms with Gasteiger partial charge in [-0.05, 0) is 36.8 Å². The van der Waals surface area contributed by atoms with Crippen molar-refractivity contribution in [2.45, 2.75) is 6.92 Å². The number of ether oxygens (including phenoxy) is 1. The van der Waals surface area contributed by atoms with Gasteiger partial charge < -0.3 is 9.72 Å². The van der Waals surface area contributed by atoms with Crippen molar-refractivity contribution in [1.29, 1.82) is 0 Å². The maximum absolute atomic E-state index is 12.5. The van der Waals surface area contributed by atoms with Crippen LogP contribution in [0.4, 0.5) is 0 Å². The van der Waals surface area contributed by atoms with E-state index in [1.165, 1.54) is 7.11 Å². The van der Waals surface area contributed by atoms with Gasteiger partial charge in [-0.15, -0.1) is 0 Å². The highest BCUT2D eigenvalue weighted by Gasteiger charge is 2.24. The van der Waals surface area contributed by atoms with Crippen LogP contribution in [0.3, 0.4) is 0 Å². The summed E-state index contributed by atoms with van der Waals surface area (Å²) < 4.78 is 5.45. The Balaban J connectivity index is 2.55. The van der Waals surface area contributed by atoms with Gasteiger partial charge in [0.25, 0.3) is 5.78 Å². The van der Waals surface area contributed by atoms with Crippen LogP contribution in [0.15, 0.2) is 64.2 Å². The number of esters is 1. The molecule has 1 aromatic carbocycles. The van der Waals surface area contributed by atoms with Crippen molar-refractivity contribution in [3.63, 3.8) is 0 Å². The van der Waals surface area contributed by atoms with Crippen LogP contribution in [0.1, 0.15) is 23.0 Å². The lowest BCUT2D eigenvalue weighted by Gasteiger charge is -2.00. The largest absolute Gasteiger partial charge is 0.463 e. The van der Waals surface area contributed by atoms with E-state index in [0.29, 0.717) is 16.1 Å². The van der Waals surface area contributed by atoms with Crippen molar-refractivity contribution in [2.24, 2.45) is 0 Å². The molecule has 2 aromatic rings. The lowest BCUT2D eigenvalue weighted by molar-refractivity contribution is -0.135. The monoisotopic (exact) mass is 433 g/mol. The van der Waals surface area contributed by atoms with Gasteiger partial charge >= 0.3 is 5.97 Å². The number of methoxy groups -OCH3 is 1. The van der Waals surface area contributed by atoms with Crippen molar-refractivity contribution < 1.29 is 14.3 Å². The van der Waals surface area contributed by atoms with Crippen LogP contribution in [-0.4, -0.2) is 23.8 Å². The molecule has 0 unspecified atom stereocenters. The number of hydrogen-bond donors (Lipinski definition) is 1. The van der Waals surface area contributed by atoms with Gasteiger partial charge in [0.1, 0.15) is 0 Å². The fraction of sp³-hybridized carbons (Fsp3) is 0.100. The molecule has 2 rings (SSSR count). The Morgan fingerprint density at radius 3 is 2.62 bits per heavy atom. The predicted octanol–water partition coefficient (Wildman–Crippen LogP) is 5.55. The van der Waals surface area contributed by atoms with Crippen LogP contribution in [0.5, 0.6) is 0 Å². The maximum atomic E-state index is 12.5. The van der Waals surface area contributed by atoms with E-state index in [1.54, 1.807) is 24.3 Å². The second kappa shape index (κ2) is 8.83. The van der Waals surface area contributed by atoms with Crippen LogP contribution < -0.4 is 0 Å². The zero-order valence-electron chi connectivity index (χ0n) is 14.3. The smallest absolute Gasteiger partial charge is 0.379 e. The summed E-state index contributed by atoms with van der Waals surface area (Å²) in [6, 6.07) is 5.43. The number of halogens is 2. The lowest BCUT2D eigenvalue weighted by Crippen LogP contribution is -2.16. The summed E-state index contributed by atoms with van der Waals surface area (Å²) in [7, 11) is 1.18. The molecule has 0 spiro atoms. The summed E-state index contributed by atoms with van der Waals surface area (Å²) in [4.78, 5) is 27.4. The number of aromatic nitrogens is 1. The number of Topliss-reactive ketones (excluding diaryl/α,β-unsaturated/α-hetero) is 1. The van der Waals surface area contributed by atoms with E-state index in [4.69, 9.17) is 11.6 Å². The SMILES string of the molecule is C=C(Cl)\C=C/C(=C\C)/C=C/c1[nH]c2cc(Br)ccc2c1C(=O)C(=O)OC. The molecule has 4 nitrogen and oxygen atoms in total. The van der Waals surface area contributed by atoms with E-state index < -0.39 is 11.8 Å². The molecule has 6 heteroatoms. The molecule has 0 aliphatic heterocycles. The molecule has 0 saturated heterocycles. The van der Waals surface area contributed by atoms with Gasteiger partial charge in [-0.25, -0.2) is 4.79 Å². The highest BCUT2D eigenvalue weighted by atomic mass is 79.9. The second-order valence-electron chi connectivity index (χ2n) is 5.33. The summed E-state index contributed by atoms with van der Waals surface area (Å²) in [6.07, 6.45) is 8.90. The summed E-state index contributed by atoms with van der Waals surface area (Å²) >= 11 is 9.14. The number of aromatic amines is 1. The third kappa shape index (κ3) is 4.62. The van der Waals surface area contributed by atoms with Crippen molar-refractivity contribution in [3.8, 4) is 0 Å². The van der Waals surface area contributed by atoms with Crippen LogP contribution >= 0.6 is 27.5 Å². The van der Waals surface area contributed by atoms with E-state index in [-0.39, 0.29) is 5.56 Å². The van der Waals surface area contributed by atoms with Gasteiger partial charge in [0, 0.05) is 20.4 Å². The number of ketones is 1. The van der Waals surface area contributed by atoms with Crippen molar-refractivity contribution in [3.05, 3.63) is 75.4 Å².